The Kier molecular flexibility index (Phi) is 8.09. The number of amides is 3. The van der Waals surface area contributed by atoms with E-state index < -0.39 is 30.7 Å². The normalized spacial score (nSPS) is 15.2. The molecule has 222 valence electrons. The second-order valence-corrected chi connectivity index (χ2v) is 10.9. The maximum absolute atomic E-state index is 14.0. The number of urea groups is 1. The van der Waals surface area contributed by atoms with Crippen molar-refractivity contribution >= 4 is 29.4 Å². The summed E-state index contributed by atoms with van der Waals surface area (Å²) < 4.78 is 48.3. The van der Waals surface area contributed by atoms with Crippen LogP contribution in [-0.4, -0.2) is 39.4 Å². The maximum Gasteiger partial charge on any atom is 0.329 e. The highest BCUT2D eigenvalue weighted by Crippen LogP contribution is 2.32. The van der Waals surface area contributed by atoms with E-state index in [1.165, 1.54) is 21.7 Å². The van der Waals surface area contributed by atoms with Crippen molar-refractivity contribution in [2.24, 2.45) is 0 Å². The summed E-state index contributed by atoms with van der Waals surface area (Å²) in [6.07, 6.45) is -1.20. The van der Waals surface area contributed by atoms with Gasteiger partial charge >= 0.3 is 6.03 Å². The molecule has 6 rings (SSSR count). The number of benzene rings is 3. The van der Waals surface area contributed by atoms with Crippen LogP contribution in [-0.2, 0) is 37.6 Å². The summed E-state index contributed by atoms with van der Waals surface area (Å²) in [5, 5.41) is 2.54. The Morgan fingerprint density at radius 1 is 1.02 bits per heavy atom. The summed E-state index contributed by atoms with van der Waals surface area (Å²) in [6.45, 7) is 1.53. The van der Waals surface area contributed by atoms with Crippen LogP contribution in [0.25, 0.3) is 11.4 Å². The number of imide groups is 1. The molecule has 1 saturated heterocycles. The first kappa shape index (κ1) is 28.8. The molecule has 0 unspecified atom stereocenters. The lowest BCUT2D eigenvalue weighted by molar-refractivity contribution is -0.120. The molecule has 3 heterocycles. The number of rotatable bonds is 9. The lowest BCUT2D eigenvalue weighted by atomic mass is 10.1. The van der Waals surface area contributed by atoms with Crippen molar-refractivity contribution in [2.75, 3.05) is 11.4 Å². The predicted molar refractivity (Wildman–Crippen MR) is 154 cm³/mol. The average Bonchev–Trinajstić information content (AvgIpc) is 3.56. The Labute approximate surface area is 250 Å². The fourth-order valence-corrected chi connectivity index (χ4v) is 5.62. The number of nitrogens with one attached hydrogen (secondary N) is 1. The Balaban J connectivity index is 1.13. The quantitative estimate of drug-likeness (QED) is 0.246. The van der Waals surface area contributed by atoms with Gasteiger partial charge in [-0.1, -0.05) is 41.9 Å². The van der Waals surface area contributed by atoms with Crippen LogP contribution in [0.2, 0.25) is 5.02 Å². The van der Waals surface area contributed by atoms with Gasteiger partial charge in [-0.25, -0.2) is 22.9 Å². The first-order valence-electron chi connectivity index (χ1n) is 13.7. The van der Waals surface area contributed by atoms with Crippen molar-refractivity contribution in [1.82, 2.24) is 19.8 Å². The minimum atomic E-state index is -2.67. The zero-order valence-electron chi connectivity index (χ0n) is 22.9. The summed E-state index contributed by atoms with van der Waals surface area (Å²) in [7, 11) is 0. The van der Waals surface area contributed by atoms with Gasteiger partial charge in [-0.05, 0) is 47.0 Å². The monoisotopic (exact) mass is 609 g/mol. The maximum atomic E-state index is 14.0. The number of alkyl halides is 2. The molecule has 12 heteroatoms. The summed E-state index contributed by atoms with van der Waals surface area (Å²) >= 11 is 6.08. The van der Waals surface area contributed by atoms with Gasteiger partial charge < -0.3 is 9.30 Å². The largest absolute Gasteiger partial charge is 0.489 e. The van der Waals surface area contributed by atoms with E-state index in [1.54, 1.807) is 12.1 Å². The molecule has 4 aromatic rings. The van der Waals surface area contributed by atoms with Gasteiger partial charge in [-0.15, -0.1) is 0 Å². The molecule has 2 aliphatic rings. The van der Waals surface area contributed by atoms with E-state index in [4.69, 9.17) is 16.3 Å². The van der Waals surface area contributed by atoms with Crippen LogP contribution >= 0.6 is 11.6 Å². The number of carbonyl (C=O) groups is 2. The number of hydrogen-bond donors (Lipinski definition) is 1. The van der Waals surface area contributed by atoms with E-state index in [-0.39, 0.29) is 25.4 Å². The lowest BCUT2D eigenvalue weighted by Gasteiger charge is -2.27. The fraction of sp³-hybridized carbons (Fsp3) is 0.258. The van der Waals surface area contributed by atoms with Crippen LogP contribution < -0.4 is 15.0 Å². The third kappa shape index (κ3) is 6.23. The van der Waals surface area contributed by atoms with E-state index >= 15 is 0 Å². The number of imidazole rings is 1. The van der Waals surface area contributed by atoms with Gasteiger partial charge in [-0.3, -0.25) is 19.9 Å². The average molecular weight is 610 g/mol. The number of carbonyl (C=O) groups excluding carboxylic acids is 2. The Morgan fingerprint density at radius 2 is 1.81 bits per heavy atom. The van der Waals surface area contributed by atoms with E-state index in [0.29, 0.717) is 40.8 Å². The molecule has 0 bridgehead atoms. The number of nitrogens with zero attached hydrogens (tertiary/aromatic N) is 4. The lowest BCUT2D eigenvalue weighted by Crippen LogP contribution is -2.50. The molecule has 0 radical (unpaired) electrons. The zero-order chi connectivity index (χ0) is 30.1. The molecule has 0 spiro atoms. The highest BCUT2D eigenvalue weighted by molar-refractivity contribution is 6.31. The van der Waals surface area contributed by atoms with Crippen LogP contribution in [0.4, 0.5) is 23.8 Å². The molecular weight excluding hydrogens is 583 g/mol. The molecule has 3 amide bonds. The minimum absolute atomic E-state index is 0.0244. The molecule has 0 saturated carbocycles. The van der Waals surface area contributed by atoms with E-state index in [1.807, 2.05) is 42.5 Å². The van der Waals surface area contributed by atoms with E-state index in [9.17, 15) is 22.8 Å². The SMILES string of the molecule is O=C1CCN(c2cnc(-c3ccc4c(c3)CN(Cc3ccc(OCc5c(F)cccc5Cl)cc3)C4)n2CC(F)F)C(=O)N1. The van der Waals surface area contributed by atoms with Gasteiger partial charge in [0.1, 0.15) is 29.8 Å². The smallest absolute Gasteiger partial charge is 0.329 e. The van der Waals surface area contributed by atoms with Crippen molar-refractivity contribution in [2.45, 2.75) is 45.6 Å². The Morgan fingerprint density at radius 3 is 2.56 bits per heavy atom. The highest BCUT2D eigenvalue weighted by atomic mass is 35.5. The second-order valence-electron chi connectivity index (χ2n) is 10.5. The third-order valence-electron chi connectivity index (χ3n) is 7.51. The van der Waals surface area contributed by atoms with Crippen LogP contribution in [0.5, 0.6) is 5.75 Å². The number of hydrogen-bond acceptors (Lipinski definition) is 5. The molecule has 0 atom stereocenters. The molecule has 1 aromatic heterocycles. The first-order valence-corrected chi connectivity index (χ1v) is 14.1. The van der Waals surface area contributed by atoms with Crippen LogP contribution in [0, 0.1) is 5.82 Å². The van der Waals surface area contributed by atoms with Crippen molar-refractivity contribution < 1.29 is 27.5 Å². The molecule has 8 nitrogen and oxygen atoms in total. The van der Waals surface area contributed by atoms with E-state index in [0.717, 1.165) is 23.2 Å². The van der Waals surface area contributed by atoms with Crippen molar-refractivity contribution in [3.63, 3.8) is 0 Å². The Hall–Kier alpha value is -4.35. The number of ether oxygens (including phenoxy) is 1. The predicted octanol–water partition coefficient (Wildman–Crippen LogP) is 6.15. The standard InChI is InChI=1S/C31H27ClF3N5O3/c32-25-2-1-3-26(33)24(25)18-43-23-8-4-19(5-9-23)14-38-15-21-7-6-20(12-22(21)16-38)30-36-13-29(40(30)17-27(34)35)39-11-10-28(41)37-31(39)42/h1-9,12-13,27H,10-11,14-18H2,(H,37,41,42). The minimum Gasteiger partial charge on any atom is -0.489 e. The molecule has 3 aromatic carbocycles. The van der Waals surface area contributed by atoms with Crippen molar-refractivity contribution in [3.05, 3.63) is 100.0 Å². The summed E-state index contributed by atoms with van der Waals surface area (Å²) in [5.74, 6) is 0.329. The van der Waals surface area contributed by atoms with E-state index in [2.05, 4.69) is 15.2 Å². The fourth-order valence-electron chi connectivity index (χ4n) is 5.40. The molecular formula is C31H27ClF3N5O3. The third-order valence-corrected chi connectivity index (χ3v) is 7.87. The number of fused-ring (bicyclic) bond motifs is 1. The van der Waals surface area contributed by atoms with Gasteiger partial charge in [0.05, 0.1) is 17.8 Å². The summed E-state index contributed by atoms with van der Waals surface area (Å²) in [5.41, 5.74) is 4.24. The zero-order valence-corrected chi connectivity index (χ0v) is 23.7. The van der Waals surface area contributed by atoms with Crippen LogP contribution in [0.3, 0.4) is 0 Å². The molecule has 1 fully saturated rings. The molecule has 0 aliphatic carbocycles. The molecule has 1 N–H and O–H groups in total. The second kappa shape index (κ2) is 12.1. The van der Waals surface area contributed by atoms with Crippen molar-refractivity contribution in [3.8, 4) is 17.1 Å². The summed E-state index contributed by atoms with van der Waals surface area (Å²) in [6, 6.07) is 17.2. The van der Waals surface area contributed by atoms with Gasteiger partial charge in [0.25, 0.3) is 6.43 Å². The molecule has 43 heavy (non-hydrogen) atoms. The van der Waals surface area contributed by atoms with Crippen LogP contribution in [0.1, 0.15) is 28.7 Å². The number of anilines is 1. The van der Waals surface area contributed by atoms with Gasteiger partial charge in [0.15, 0.2) is 0 Å². The molecule has 2 aliphatic heterocycles. The number of aromatic nitrogens is 2. The Bertz CT molecular complexity index is 1660. The number of halogens is 4. The van der Waals surface area contributed by atoms with Gasteiger partial charge in [0, 0.05) is 43.7 Å². The van der Waals surface area contributed by atoms with Gasteiger partial charge in [-0.2, -0.15) is 0 Å². The highest BCUT2D eigenvalue weighted by Gasteiger charge is 2.29. The van der Waals surface area contributed by atoms with Crippen LogP contribution in [0.15, 0.2) is 66.9 Å². The first-order chi connectivity index (χ1) is 20.7. The summed E-state index contributed by atoms with van der Waals surface area (Å²) in [4.78, 5) is 31.9. The van der Waals surface area contributed by atoms with Gasteiger partial charge in [0.2, 0.25) is 5.91 Å². The topological polar surface area (TPSA) is 79.7 Å². The van der Waals surface area contributed by atoms with Crippen molar-refractivity contribution in [1.29, 1.82) is 0 Å².